The van der Waals surface area contributed by atoms with E-state index in [4.69, 9.17) is 10.8 Å². The third kappa shape index (κ3) is 1.81. The average Bonchev–Trinajstić information content (AvgIpc) is 2.62. The highest BCUT2D eigenvalue weighted by Crippen LogP contribution is 2.35. The lowest BCUT2D eigenvalue weighted by Gasteiger charge is -2.15. The molecule has 0 heterocycles. The molecule has 0 radical (unpaired) electrons. The maximum atomic E-state index is 8.92. The molecule has 0 aromatic heterocycles. The molecule has 2 rings (SSSR count). The lowest BCUT2D eigenvalue weighted by Crippen LogP contribution is -2.26. The van der Waals surface area contributed by atoms with E-state index >= 15 is 0 Å². The van der Waals surface area contributed by atoms with E-state index in [2.05, 4.69) is 24.3 Å². The van der Waals surface area contributed by atoms with Crippen LogP contribution in [-0.2, 0) is 6.42 Å². The molecule has 0 saturated carbocycles. The lowest BCUT2D eigenvalue weighted by atomic mass is 9.94. The van der Waals surface area contributed by atoms with Crippen LogP contribution in [0.3, 0.4) is 0 Å². The summed E-state index contributed by atoms with van der Waals surface area (Å²) >= 11 is 0. The zero-order chi connectivity index (χ0) is 9.97. The van der Waals surface area contributed by atoms with Gasteiger partial charge in [0.05, 0.1) is 6.61 Å². The number of nitrogens with two attached hydrogens (primary N) is 1. The summed E-state index contributed by atoms with van der Waals surface area (Å²) in [6.45, 7) is 0.0959. The van der Waals surface area contributed by atoms with Gasteiger partial charge in [0.25, 0.3) is 0 Å². The van der Waals surface area contributed by atoms with Crippen molar-refractivity contribution in [3.05, 3.63) is 35.4 Å². The van der Waals surface area contributed by atoms with Crippen LogP contribution in [0.2, 0.25) is 0 Å². The van der Waals surface area contributed by atoms with Crippen LogP contribution in [0.1, 0.15) is 29.9 Å². The maximum Gasteiger partial charge on any atom is 0.0582 e. The number of rotatable bonds is 3. The molecule has 1 aliphatic rings. The molecule has 0 spiro atoms. The lowest BCUT2D eigenvalue weighted by molar-refractivity contribution is 0.254. The monoisotopic (exact) mass is 191 g/mol. The van der Waals surface area contributed by atoms with Crippen molar-refractivity contribution in [3.63, 3.8) is 0 Å². The Morgan fingerprint density at radius 1 is 1.43 bits per heavy atom. The summed E-state index contributed by atoms with van der Waals surface area (Å²) in [5.74, 6) is 0.563. The summed E-state index contributed by atoms with van der Waals surface area (Å²) in [5.41, 5.74) is 8.66. The van der Waals surface area contributed by atoms with Gasteiger partial charge in [-0.05, 0) is 36.3 Å². The minimum Gasteiger partial charge on any atom is -0.395 e. The Balaban J connectivity index is 2.10. The quantitative estimate of drug-likeness (QED) is 0.759. The topological polar surface area (TPSA) is 46.2 Å². The molecule has 76 valence electrons. The van der Waals surface area contributed by atoms with E-state index in [1.807, 2.05) is 0 Å². The Bertz CT molecular complexity index is 311. The highest BCUT2D eigenvalue weighted by atomic mass is 16.3. The second-order valence-corrected chi connectivity index (χ2v) is 4.11. The number of fused-ring (bicyclic) bond motifs is 1. The molecule has 3 N–H and O–H groups in total. The zero-order valence-electron chi connectivity index (χ0n) is 8.32. The van der Waals surface area contributed by atoms with Gasteiger partial charge in [-0.15, -0.1) is 0 Å². The van der Waals surface area contributed by atoms with Crippen LogP contribution in [0, 0.1) is 0 Å². The number of aliphatic hydroxyl groups excluding tert-OH is 1. The third-order valence-electron chi connectivity index (χ3n) is 3.08. The summed E-state index contributed by atoms with van der Waals surface area (Å²) < 4.78 is 0. The Labute approximate surface area is 84.7 Å². The van der Waals surface area contributed by atoms with Crippen LogP contribution in [0.4, 0.5) is 0 Å². The van der Waals surface area contributed by atoms with E-state index in [9.17, 15) is 0 Å². The van der Waals surface area contributed by atoms with Crippen molar-refractivity contribution in [1.82, 2.24) is 0 Å². The second kappa shape index (κ2) is 4.11. The van der Waals surface area contributed by atoms with Crippen molar-refractivity contribution >= 4 is 0 Å². The zero-order valence-corrected chi connectivity index (χ0v) is 8.32. The van der Waals surface area contributed by atoms with E-state index < -0.39 is 0 Å². The average molecular weight is 191 g/mol. The van der Waals surface area contributed by atoms with Gasteiger partial charge in [0.2, 0.25) is 0 Å². The molecule has 0 saturated heterocycles. The summed E-state index contributed by atoms with van der Waals surface area (Å²) in [7, 11) is 0. The largest absolute Gasteiger partial charge is 0.395 e. The molecular formula is C12H17NO. The van der Waals surface area contributed by atoms with Crippen molar-refractivity contribution < 1.29 is 5.11 Å². The fraction of sp³-hybridized carbons (Fsp3) is 0.500. The van der Waals surface area contributed by atoms with Gasteiger partial charge < -0.3 is 10.8 Å². The first kappa shape index (κ1) is 9.69. The molecule has 1 aromatic carbocycles. The molecule has 2 unspecified atom stereocenters. The first-order chi connectivity index (χ1) is 6.81. The summed E-state index contributed by atoms with van der Waals surface area (Å²) in [4.78, 5) is 0. The SMILES string of the molecule is NC(CO)CC1CCc2ccccc21. The fourth-order valence-corrected chi connectivity index (χ4v) is 2.33. The highest BCUT2D eigenvalue weighted by molar-refractivity contribution is 5.34. The number of hydrogen-bond acceptors (Lipinski definition) is 2. The standard InChI is InChI=1S/C12H17NO/c13-11(8-14)7-10-6-5-9-3-1-2-4-12(9)10/h1-4,10-11,14H,5-8,13H2. The number of aliphatic hydroxyl groups is 1. The van der Waals surface area contributed by atoms with E-state index in [1.54, 1.807) is 0 Å². The van der Waals surface area contributed by atoms with Crippen LogP contribution in [0.15, 0.2) is 24.3 Å². The molecule has 2 atom stereocenters. The Morgan fingerprint density at radius 2 is 2.21 bits per heavy atom. The molecule has 1 aliphatic carbocycles. The van der Waals surface area contributed by atoms with Crippen molar-refractivity contribution in [2.45, 2.75) is 31.2 Å². The number of benzene rings is 1. The third-order valence-corrected chi connectivity index (χ3v) is 3.08. The Morgan fingerprint density at radius 3 is 3.00 bits per heavy atom. The Kier molecular flexibility index (Phi) is 2.85. The molecule has 14 heavy (non-hydrogen) atoms. The Hall–Kier alpha value is -0.860. The second-order valence-electron chi connectivity index (χ2n) is 4.11. The van der Waals surface area contributed by atoms with Gasteiger partial charge in [-0.2, -0.15) is 0 Å². The van der Waals surface area contributed by atoms with Crippen molar-refractivity contribution in [2.24, 2.45) is 5.73 Å². The number of hydrogen-bond donors (Lipinski definition) is 2. The van der Waals surface area contributed by atoms with Crippen LogP contribution in [0.5, 0.6) is 0 Å². The molecule has 2 heteroatoms. The normalized spacial score (nSPS) is 22.0. The van der Waals surface area contributed by atoms with E-state index in [-0.39, 0.29) is 12.6 Å². The minimum absolute atomic E-state index is 0.0637. The van der Waals surface area contributed by atoms with Gasteiger partial charge in [0.15, 0.2) is 0 Å². The molecule has 1 aromatic rings. The van der Waals surface area contributed by atoms with Gasteiger partial charge in [-0.1, -0.05) is 24.3 Å². The van der Waals surface area contributed by atoms with Gasteiger partial charge in [-0.25, -0.2) is 0 Å². The summed E-state index contributed by atoms with van der Waals surface area (Å²) in [6, 6.07) is 8.50. The molecule has 0 amide bonds. The van der Waals surface area contributed by atoms with Crippen molar-refractivity contribution in [3.8, 4) is 0 Å². The predicted molar refractivity (Wildman–Crippen MR) is 57.2 cm³/mol. The predicted octanol–water partition coefficient (Wildman–Crippen LogP) is 1.43. The van der Waals surface area contributed by atoms with Crippen LogP contribution < -0.4 is 5.73 Å². The molecule has 0 aliphatic heterocycles. The minimum atomic E-state index is -0.0637. The van der Waals surface area contributed by atoms with Gasteiger partial charge in [0.1, 0.15) is 0 Å². The van der Waals surface area contributed by atoms with Gasteiger partial charge >= 0.3 is 0 Å². The molecular weight excluding hydrogens is 174 g/mol. The summed E-state index contributed by atoms with van der Waals surface area (Å²) in [6.07, 6.45) is 3.26. The van der Waals surface area contributed by atoms with Gasteiger partial charge in [-0.3, -0.25) is 0 Å². The highest BCUT2D eigenvalue weighted by Gasteiger charge is 2.23. The van der Waals surface area contributed by atoms with Crippen molar-refractivity contribution in [1.29, 1.82) is 0 Å². The van der Waals surface area contributed by atoms with E-state index in [0.29, 0.717) is 5.92 Å². The smallest absolute Gasteiger partial charge is 0.0582 e. The van der Waals surface area contributed by atoms with Crippen LogP contribution in [0.25, 0.3) is 0 Å². The van der Waals surface area contributed by atoms with Crippen molar-refractivity contribution in [2.75, 3.05) is 6.61 Å². The van der Waals surface area contributed by atoms with E-state index in [0.717, 1.165) is 6.42 Å². The first-order valence-electron chi connectivity index (χ1n) is 5.25. The van der Waals surface area contributed by atoms with E-state index in [1.165, 1.54) is 24.0 Å². The van der Waals surface area contributed by atoms with Crippen LogP contribution >= 0.6 is 0 Å². The maximum absolute atomic E-state index is 8.92. The summed E-state index contributed by atoms with van der Waals surface area (Å²) in [5, 5.41) is 8.92. The number of aryl methyl sites for hydroxylation is 1. The van der Waals surface area contributed by atoms with Gasteiger partial charge in [0, 0.05) is 6.04 Å². The van der Waals surface area contributed by atoms with Crippen LogP contribution in [-0.4, -0.2) is 17.8 Å². The first-order valence-corrected chi connectivity index (χ1v) is 5.25. The molecule has 2 nitrogen and oxygen atoms in total. The molecule has 0 fully saturated rings. The molecule has 0 bridgehead atoms. The fourth-order valence-electron chi connectivity index (χ4n) is 2.33.